The topological polar surface area (TPSA) is 59.6 Å². The highest BCUT2D eigenvalue weighted by atomic mass is 16.5. The van der Waals surface area contributed by atoms with Crippen molar-refractivity contribution in [3.05, 3.63) is 18.2 Å². The molecule has 0 aromatic heterocycles. The molecule has 0 bridgehead atoms. The van der Waals surface area contributed by atoms with Crippen molar-refractivity contribution in [3.63, 3.8) is 0 Å². The molecule has 1 amide bonds. The van der Waals surface area contributed by atoms with E-state index in [1.807, 2.05) is 18.2 Å². The van der Waals surface area contributed by atoms with Gasteiger partial charge in [0.1, 0.15) is 0 Å². The van der Waals surface area contributed by atoms with Crippen molar-refractivity contribution in [2.75, 3.05) is 31.6 Å². The van der Waals surface area contributed by atoms with Crippen LogP contribution in [-0.4, -0.2) is 32.2 Å². The van der Waals surface area contributed by atoms with Crippen molar-refractivity contribution in [2.45, 2.75) is 26.7 Å². The molecule has 5 nitrogen and oxygen atoms in total. The number of hydrogen-bond acceptors (Lipinski definition) is 4. The monoisotopic (exact) mass is 292 g/mol. The number of carbonyl (C=O) groups is 1. The average molecular weight is 292 g/mol. The number of carbonyl (C=O) groups excluding carboxylic acids is 1. The molecule has 1 saturated heterocycles. The predicted molar refractivity (Wildman–Crippen MR) is 83.0 cm³/mol. The van der Waals surface area contributed by atoms with Gasteiger partial charge in [-0.05, 0) is 25.0 Å². The van der Waals surface area contributed by atoms with Gasteiger partial charge in [0.05, 0.1) is 19.1 Å². The zero-order valence-electron chi connectivity index (χ0n) is 12.8. The lowest BCUT2D eigenvalue weighted by molar-refractivity contribution is -0.121. The van der Waals surface area contributed by atoms with Gasteiger partial charge < -0.3 is 20.1 Å². The summed E-state index contributed by atoms with van der Waals surface area (Å²) in [7, 11) is 0. The third-order valence-electron chi connectivity index (χ3n) is 3.29. The summed E-state index contributed by atoms with van der Waals surface area (Å²) < 4.78 is 11.4. The molecule has 2 N–H and O–H groups in total. The summed E-state index contributed by atoms with van der Waals surface area (Å²) in [5, 5.41) is 6.02. The van der Waals surface area contributed by atoms with E-state index in [0.29, 0.717) is 19.0 Å². The fourth-order valence-electron chi connectivity index (χ4n) is 1.96. The van der Waals surface area contributed by atoms with Crippen LogP contribution in [0, 0.1) is 5.92 Å². The standard InChI is InChI=1S/C16H24N2O3/c1-3-7-20-14-6-5-13(9-15(14)21-8-4-2)18-16(19)12-10-17-11-12/h5-6,9,12,17H,3-4,7-8,10-11H2,1-2H3,(H,18,19). The van der Waals surface area contributed by atoms with Crippen LogP contribution in [0.25, 0.3) is 0 Å². The summed E-state index contributed by atoms with van der Waals surface area (Å²) >= 11 is 0. The molecule has 0 unspecified atom stereocenters. The zero-order chi connectivity index (χ0) is 15.1. The molecule has 116 valence electrons. The van der Waals surface area contributed by atoms with Crippen LogP contribution in [0.4, 0.5) is 5.69 Å². The Balaban J connectivity index is 2.05. The smallest absolute Gasteiger partial charge is 0.230 e. The third-order valence-corrected chi connectivity index (χ3v) is 3.29. The highest BCUT2D eigenvalue weighted by molar-refractivity contribution is 5.93. The lowest BCUT2D eigenvalue weighted by atomic mass is 10.0. The van der Waals surface area contributed by atoms with Crippen molar-refractivity contribution in [2.24, 2.45) is 5.92 Å². The van der Waals surface area contributed by atoms with Gasteiger partial charge in [0.25, 0.3) is 0 Å². The Hall–Kier alpha value is -1.75. The maximum atomic E-state index is 12.0. The minimum Gasteiger partial charge on any atom is -0.490 e. The second kappa shape index (κ2) is 7.88. The molecule has 1 aromatic rings. The summed E-state index contributed by atoms with van der Waals surface area (Å²) in [6.45, 7) is 6.91. The van der Waals surface area contributed by atoms with Crippen LogP contribution in [0.3, 0.4) is 0 Å². The van der Waals surface area contributed by atoms with E-state index >= 15 is 0 Å². The molecule has 0 spiro atoms. The molecular formula is C16H24N2O3. The van der Waals surface area contributed by atoms with E-state index in [0.717, 1.165) is 37.4 Å². The van der Waals surface area contributed by atoms with Crippen LogP contribution >= 0.6 is 0 Å². The summed E-state index contributed by atoms with van der Waals surface area (Å²) in [6, 6.07) is 5.55. The van der Waals surface area contributed by atoms with Gasteiger partial charge in [0, 0.05) is 24.8 Å². The van der Waals surface area contributed by atoms with Crippen molar-refractivity contribution in [1.82, 2.24) is 5.32 Å². The van der Waals surface area contributed by atoms with Gasteiger partial charge in [-0.25, -0.2) is 0 Å². The molecule has 0 radical (unpaired) electrons. The first-order valence-corrected chi connectivity index (χ1v) is 7.65. The van der Waals surface area contributed by atoms with Crippen LogP contribution in [-0.2, 0) is 4.79 Å². The highest BCUT2D eigenvalue weighted by Crippen LogP contribution is 2.31. The lowest BCUT2D eigenvalue weighted by Crippen LogP contribution is -2.48. The van der Waals surface area contributed by atoms with Gasteiger partial charge in [0.2, 0.25) is 5.91 Å². The van der Waals surface area contributed by atoms with Crippen LogP contribution in [0.15, 0.2) is 18.2 Å². The largest absolute Gasteiger partial charge is 0.490 e. The second-order valence-corrected chi connectivity index (χ2v) is 5.20. The Kier molecular flexibility index (Phi) is 5.87. The number of nitrogens with one attached hydrogen (secondary N) is 2. The molecule has 1 fully saturated rings. The Bertz CT molecular complexity index is 473. The molecule has 1 aromatic carbocycles. The second-order valence-electron chi connectivity index (χ2n) is 5.20. The van der Waals surface area contributed by atoms with Crippen LogP contribution in [0.2, 0.25) is 0 Å². The zero-order valence-corrected chi connectivity index (χ0v) is 12.8. The summed E-state index contributed by atoms with van der Waals surface area (Å²) in [5.74, 6) is 1.54. The average Bonchev–Trinajstić information content (AvgIpc) is 2.42. The number of benzene rings is 1. The summed E-state index contributed by atoms with van der Waals surface area (Å²) in [5.41, 5.74) is 0.752. The minimum absolute atomic E-state index is 0.0532. The Morgan fingerprint density at radius 3 is 2.43 bits per heavy atom. The van der Waals surface area contributed by atoms with E-state index in [9.17, 15) is 4.79 Å². The quantitative estimate of drug-likeness (QED) is 0.772. The van der Waals surface area contributed by atoms with Gasteiger partial charge in [-0.15, -0.1) is 0 Å². The van der Waals surface area contributed by atoms with E-state index in [4.69, 9.17) is 9.47 Å². The SMILES string of the molecule is CCCOc1ccc(NC(=O)C2CNC2)cc1OCCC. The van der Waals surface area contributed by atoms with Crippen molar-refractivity contribution in [3.8, 4) is 11.5 Å². The lowest BCUT2D eigenvalue weighted by Gasteiger charge is -2.26. The van der Waals surface area contributed by atoms with Gasteiger partial charge in [-0.1, -0.05) is 13.8 Å². The molecule has 0 atom stereocenters. The first-order chi connectivity index (χ1) is 10.2. The molecule has 5 heteroatoms. The van der Waals surface area contributed by atoms with Gasteiger partial charge in [-0.3, -0.25) is 4.79 Å². The van der Waals surface area contributed by atoms with E-state index in [-0.39, 0.29) is 11.8 Å². The summed E-state index contributed by atoms with van der Waals surface area (Å²) in [6.07, 6.45) is 1.87. The van der Waals surface area contributed by atoms with Crippen molar-refractivity contribution >= 4 is 11.6 Å². The number of anilines is 1. The van der Waals surface area contributed by atoms with Crippen LogP contribution < -0.4 is 20.1 Å². The van der Waals surface area contributed by atoms with E-state index in [2.05, 4.69) is 24.5 Å². The molecular weight excluding hydrogens is 268 g/mol. The molecule has 2 rings (SSSR count). The number of hydrogen-bond donors (Lipinski definition) is 2. The van der Waals surface area contributed by atoms with E-state index in [1.54, 1.807) is 0 Å². The normalized spacial score (nSPS) is 14.4. The number of ether oxygens (including phenoxy) is 2. The first kappa shape index (κ1) is 15.6. The van der Waals surface area contributed by atoms with E-state index in [1.165, 1.54) is 0 Å². The predicted octanol–water partition coefficient (Wildman–Crippen LogP) is 2.42. The Morgan fingerprint density at radius 1 is 1.19 bits per heavy atom. The van der Waals surface area contributed by atoms with Crippen LogP contribution in [0.1, 0.15) is 26.7 Å². The number of rotatable bonds is 8. The maximum absolute atomic E-state index is 12.0. The summed E-state index contributed by atoms with van der Waals surface area (Å²) in [4.78, 5) is 12.0. The highest BCUT2D eigenvalue weighted by Gasteiger charge is 2.24. The third kappa shape index (κ3) is 4.36. The first-order valence-electron chi connectivity index (χ1n) is 7.65. The Labute approximate surface area is 126 Å². The number of amides is 1. The molecule has 21 heavy (non-hydrogen) atoms. The molecule has 1 aliphatic rings. The molecule has 0 saturated carbocycles. The molecule has 1 aliphatic heterocycles. The van der Waals surface area contributed by atoms with E-state index < -0.39 is 0 Å². The van der Waals surface area contributed by atoms with Crippen LogP contribution in [0.5, 0.6) is 11.5 Å². The minimum atomic E-state index is 0.0532. The van der Waals surface area contributed by atoms with Crippen molar-refractivity contribution in [1.29, 1.82) is 0 Å². The Morgan fingerprint density at radius 2 is 1.86 bits per heavy atom. The molecule has 1 heterocycles. The van der Waals surface area contributed by atoms with Gasteiger partial charge in [0.15, 0.2) is 11.5 Å². The van der Waals surface area contributed by atoms with Gasteiger partial charge in [-0.2, -0.15) is 0 Å². The fraction of sp³-hybridized carbons (Fsp3) is 0.562. The van der Waals surface area contributed by atoms with Crippen molar-refractivity contribution < 1.29 is 14.3 Å². The maximum Gasteiger partial charge on any atom is 0.230 e. The fourth-order valence-corrected chi connectivity index (χ4v) is 1.96. The molecule has 0 aliphatic carbocycles. The van der Waals surface area contributed by atoms with Gasteiger partial charge >= 0.3 is 0 Å².